The largest absolute Gasteiger partial charge is 0.508 e. The Kier molecular flexibility index (Phi) is 8.70. The van der Waals surface area contributed by atoms with Crippen LogP contribution >= 0.6 is 0 Å². The van der Waals surface area contributed by atoms with Crippen LogP contribution in [-0.4, -0.2) is 38.2 Å². The molecule has 0 unspecified atom stereocenters. The van der Waals surface area contributed by atoms with Crippen LogP contribution in [-0.2, 0) is 18.9 Å². The van der Waals surface area contributed by atoms with E-state index >= 15 is 0 Å². The van der Waals surface area contributed by atoms with Crippen molar-refractivity contribution in [3.8, 4) is 0 Å². The molecule has 0 bridgehead atoms. The molecule has 0 aromatic carbocycles. The SMILES string of the molecule is COC(=O)OC1CCC(OC(=O)OCCCCC(C)C)CC1. The van der Waals surface area contributed by atoms with Crippen molar-refractivity contribution < 1.29 is 28.5 Å². The third kappa shape index (κ3) is 8.10. The fourth-order valence-electron chi connectivity index (χ4n) is 2.43. The van der Waals surface area contributed by atoms with Gasteiger partial charge in [-0.05, 0) is 44.4 Å². The van der Waals surface area contributed by atoms with Gasteiger partial charge in [0.25, 0.3) is 0 Å². The van der Waals surface area contributed by atoms with Gasteiger partial charge in [-0.2, -0.15) is 0 Å². The average molecular weight is 316 g/mol. The molecule has 6 heteroatoms. The van der Waals surface area contributed by atoms with Gasteiger partial charge in [0.1, 0.15) is 12.2 Å². The van der Waals surface area contributed by atoms with E-state index in [0.717, 1.165) is 19.3 Å². The summed E-state index contributed by atoms with van der Waals surface area (Å²) in [6.45, 7) is 4.76. The van der Waals surface area contributed by atoms with Crippen LogP contribution in [0.5, 0.6) is 0 Å². The summed E-state index contributed by atoms with van der Waals surface area (Å²) in [5, 5.41) is 0. The second-order valence-corrected chi connectivity index (χ2v) is 6.08. The Morgan fingerprint density at radius 3 is 2.00 bits per heavy atom. The minimum Gasteiger partial charge on any atom is -0.438 e. The number of carbonyl (C=O) groups excluding carboxylic acids is 2. The van der Waals surface area contributed by atoms with Gasteiger partial charge in [-0.25, -0.2) is 9.59 Å². The van der Waals surface area contributed by atoms with E-state index in [0.29, 0.717) is 38.2 Å². The zero-order valence-electron chi connectivity index (χ0n) is 13.8. The van der Waals surface area contributed by atoms with Crippen LogP contribution < -0.4 is 0 Å². The molecule has 22 heavy (non-hydrogen) atoms. The summed E-state index contributed by atoms with van der Waals surface area (Å²) in [6.07, 6.45) is 4.18. The van der Waals surface area contributed by atoms with E-state index in [-0.39, 0.29) is 12.2 Å². The number of methoxy groups -OCH3 is 1. The van der Waals surface area contributed by atoms with E-state index in [1.165, 1.54) is 7.11 Å². The summed E-state index contributed by atoms with van der Waals surface area (Å²) in [6, 6.07) is 0. The molecule has 1 aliphatic carbocycles. The Hall–Kier alpha value is -1.46. The van der Waals surface area contributed by atoms with Crippen LogP contribution in [0.4, 0.5) is 9.59 Å². The molecular weight excluding hydrogens is 288 g/mol. The van der Waals surface area contributed by atoms with Crippen LogP contribution in [0.15, 0.2) is 0 Å². The molecule has 0 N–H and O–H groups in total. The van der Waals surface area contributed by atoms with E-state index in [9.17, 15) is 9.59 Å². The van der Waals surface area contributed by atoms with Crippen molar-refractivity contribution in [2.45, 2.75) is 71.0 Å². The fourth-order valence-corrected chi connectivity index (χ4v) is 2.43. The Morgan fingerprint density at radius 1 is 0.955 bits per heavy atom. The quantitative estimate of drug-likeness (QED) is 0.521. The first kappa shape index (κ1) is 18.6. The van der Waals surface area contributed by atoms with Crippen molar-refractivity contribution in [2.24, 2.45) is 5.92 Å². The Balaban J connectivity index is 2.08. The standard InChI is InChI=1S/C16H28O6/c1-12(2)6-4-5-11-20-16(18)22-14-9-7-13(8-10-14)21-15(17)19-3/h12-14H,4-11H2,1-3H3. The number of hydrogen-bond donors (Lipinski definition) is 0. The summed E-state index contributed by atoms with van der Waals surface area (Å²) in [5.41, 5.74) is 0. The predicted octanol–water partition coefficient (Wildman–Crippen LogP) is 4.06. The highest BCUT2D eigenvalue weighted by Crippen LogP contribution is 2.24. The summed E-state index contributed by atoms with van der Waals surface area (Å²) < 4.78 is 19.9. The molecular formula is C16H28O6. The molecule has 0 spiro atoms. The van der Waals surface area contributed by atoms with E-state index in [2.05, 4.69) is 18.6 Å². The lowest BCUT2D eigenvalue weighted by atomic mass is 9.95. The van der Waals surface area contributed by atoms with Crippen LogP contribution in [0.3, 0.4) is 0 Å². The lowest BCUT2D eigenvalue weighted by Gasteiger charge is -2.27. The maximum Gasteiger partial charge on any atom is 0.508 e. The first-order valence-electron chi connectivity index (χ1n) is 8.09. The van der Waals surface area contributed by atoms with Crippen LogP contribution in [0.1, 0.15) is 58.8 Å². The van der Waals surface area contributed by atoms with Gasteiger partial charge in [-0.3, -0.25) is 0 Å². The molecule has 0 heterocycles. The van der Waals surface area contributed by atoms with Crippen molar-refractivity contribution in [1.82, 2.24) is 0 Å². The van der Waals surface area contributed by atoms with E-state index in [1.807, 2.05) is 0 Å². The summed E-state index contributed by atoms with van der Waals surface area (Å²) in [4.78, 5) is 22.6. The fraction of sp³-hybridized carbons (Fsp3) is 0.875. The highest BCUT2D eigenvalue weighted by atomic mass is 16.7. The molecule has 0 aromatic rings. The molecule has 1 aliphatic rings. The molecule has 0 aromatic heterocycles. The molecule has 0 radical (unpaired) electrons. The van der Waals surface area contributed by atoms with Gasteiger partial charge in [0.05, 0.1) is 13.7 Å². The molecule has 1 fully saturated rings. The number of hydrogen-bond acceptors (Lipinski definition) is 6. The number of rotatable bonds is 7. The van der Waals surface area contributed by atoms with Crippen LogP contribution in [0, 0.1) is 5.92 Å². The minimum absolute atomic E-state index is 0.152. The summed E-state index contributed by atoms with van der Waals surface area (Å²) >= 11 is 0. The third-order valence-corrected chi connectivity index (χ3v) is 3.71. The topological polar surface area (TPSA) is 71.1 Å². The Morgan fingerprint density at radius 2 is 1.50 bits per heavy atom. The van der Waals surface area contributed by atoms with Crippen molar-refractivity contribution in [1.29, 1.82) is 0 Å². The highest BCUT2D eigenvalue weighted by molar-refractivity contribution is 5.60. The van der Waals surface area contributed by atoms with Crippen molar-refractivity contribution >= 4 is 12.3 Å². The molecule has 1 rings (SSSR count). The van der Waals surface area contributed by atoms with E-state index < -0.39 is 12.3 Å². The molecule has 0 atom stereocenters. The zero-order valence-corrected chi connectivity index (χ0v) is 13.8. The van der Waals surface area contributed by atoms with Crippen molar-refractivity contribution in [3.05, 3.63) is 0 Å². The molecule has 128 valence electrons. The first-order chi connectivity index (χ1) is 10.5. The second-order valence-electron chi connectivity index (χ2n) is 6.08. The number of ether oxygens (including phenoxy) is 4. The van der Waals surface area contributed by atoms with Gasteiger partial charge in [-0.15, -0.1) is 0 Å². The van der Waals surface area contributed by atoms with Gasteiger partial charge in [0, 0.05) is 0 Å². The monoisotopic (exact) mass is 316 g/mol. The first-order valence-corrected chi connectivity index (χ1v) is 8.09. The van der Waals surface area contributed by atoms with E-state index in [4.69, 9.17) is 14.2 Å². The maximum atomic E-state index is 11.6. The summed E-state index contributed by atoms with van der Waals surface area (Å²) in [7, 11) is 1.29. The highest BCUT2D eigenvalue weighted by Gasteiger charge is 2.26. The van der Waals surface area contributed by atoms with Gasteiger partial charge < -0.3 is 18.9 Å². The summed E-state index contributed by atoms with van der Waals surface area (Å²) in [5.74, 6) is 0.675. The van der Waals surface area contributed by atoms with Crippen molar-refractivity contribution in [2.75, 3.05) is 13.7 Å². The lowest BCUT2D eigenvalue weighted by Crippen LogP contribution is -2.30. The average Bonchev–Trinajstić information content (AvgIpc) is 2.48. The van der Waals surface area contributed by atoms with Crippen molar-refractivity contribution in [3.63, 3.8) is 0 Å². The van der Waals surface area contributed by atoms with Crippen LogP contribution in [0.25, 0.3) is 0 Å². The zero-order chi connectivity index (χ0) is 16.4. The maximum absolute atomic E-state index is 11.6. The second kappa shape index (κ2) is 10.3. The molecule has 0 amide bonds. The Labute approximate surface area is 132 Å². The number of unbranched alkanes of at least 4 members (excludes halogenated alkanes) is 1. The van der Waals surface area contributed by atoms with Gasteiger partial charge in [0.2, 0.25) is 0 Å². The molecule has 0 saturated heterocycles. The third-order valence-electron chi connectivity index (χ3n) is 3.71. The Bertz CT molecular complexity index is 334. The molecule has 0 aliphatic heterocycles. The van der Waals surface area contributed by atoms with Gasteiger partial charge in [-0.1, -0.05) is 20.3 Å². The van der Waals surface area contributed by atoms with Gasteiger partial charge >= 0.3 is 12.3 Å². The molecule has 1 saturated carbocycles. The molecule has 6 nitrogen and oxygen atoms in total. The smallest absolute Gasteiger partial charge is 0.438 e. The van der Waals surface area contributed by atoms with Crippen LogP contribution in [0.2, 0.25) is 0 Å². The predicted molar refractivity (Wildman–Crippen MR) is 80.7 cm³/mol. The normalized spacial score (nSPS) is 21.3. The van der Waals surface area contributed by atoms with Gasteiger partial charge in [0.15, 0.2) is 0 Å². The van der Waals surface area contributed by atoms with E-state index in [1.54, 1.807) is 0 Å². The number of carbonyl (C=O) groups is 2. The lowest BCUT2D eigenvalue weighted by molar-refractivity contribution is -0.0230. The minimum atomic E-state index is -0.662.